The molecule has 3 rings (SSSR count). The van der Waals surface area contributed by atoms with Crippen LogP contribution in [0.3, 0.4) is 0 Å². The summed E-state index contributed by atoms with van der Waals surface area (Å²) in [5, 5.41) is 6.07. The molecule has 2 N–H and O–H groups in total. The quantitative estimate of drug-likeness (QED) is 0.900. The molecule has 1 saturated heterocycles. The first-order valence-corrected chi connectivity index (χ1v) is 8.42. The van der Waals surface area contributed by atoms with Crippen molar-refractivity contribution in [1.82, 2.24) is 10.6 Å². The van der Waals surface area contributed by atoms with Crippen molar-refractivity contribution in [1.29, 1.82) is 0 Å². The Morgan fingerprint density at radius 3 is 2.96 bits per heavy atom. The zero-order valence-electron chi connectivity index (χ0n) is 13.3. The van der Waals surface area contributed by atoms with E-state index < -0.39 is 5.82 Å². The van der Waals surface area contributed by atoms with E-state index >= 15 is 0 Å². The highest BCUT2D eigenvalue weighted by molar-refractivity contribution is 5.94. The fraction of sp³-hybridized carbons (Fsp3) is 0.556. The van der Waals surface area contributed by atoms with E-state index in [-0.39, 0.29) is 23.9 Å². The molecule has 1 aromatic rings. The first-order chi connectivity index (χ1) is 11.1. The summed E-state index contributed by atoms with van der Waals surface area (Å²) in [6.45, 7) is 2.14. The summed E-state index contributed by atoms with van der Waals surface area (Å²) < 4.78 is 13.2. The summed E-state index contributed by atoms with van der Waals surface area (Å²) in [5.41, 5.74) is 0.339. The monoisotopic (exact) mass is 318 g/mol. The van der Waals surface area contributed by atoms with E-state index in [1.54, 1.807) is 6.07 Å². The zero-order valence-corrected chi connectivity index (χ0v) is 13.3. The third-order valence-electron chi connectivity index (χ3n) is 5.25. The first-order valence-electron chi connectivity index (χ1n) is 8.42. The normalized spacial score (nSPS) is 30.3. The van der Waals surface area contributed by atoms with Gasteiger partial charge in [0.15, 0.2) is 0 Å². The predicted octanol–water partition coefficient (Wildman–Crippen LogP) is 2.64. The molecule has 1 aliphatic heterocycles. The number of benzene rings is 1. The molecule has 5 heteroatoms. The smallest absolute Gasteiger partial charge is 0.251 e. The Morgan fingerprint density at radius 2 is 2.22 bits per heavy atom. The van der Waals surface area contributed by atoms with Crippen LogP contribution in [-0.4, -0.2) is 23.9 Å². The molecule has 4 unspecified atom stereocenters. The lowest BCUT2D eigenvalue weighted by molar-refractivity contribution is -0.127. The van der Waals surface area contributed by atoms with Crippen LogP contribution >= 0.6 is 0 Å². The van der Waals surface area contributed by atoms with Gasteiger partial charge >= 0.3 is 0 Å². The molecule has 2 aliphatic rings. The number of carbonyl (C=O) groups excluding carboxylic acids is 2. The van der Waals surface area contributed by atoms with Gasteiger partial charge in [-0.25, -0.2) is 4.39 Å². The summed E-state index contributed by atoms with van der Waals surface area (Å²) in [6, 6.07) is 5.89. The van der Waals surface area contributed by atoms with E-state index in [1.807, 2.05) is 0 Å². The lowest BCUT2D eigenvalue weighted by Gasteiger charge is -2.44. The second kappa shape index (κ2) is 6.69. The number of rotatable bonds is 3. The number of carbonyl (C=O) groups is 2. The fourth-order valence-electron chi connectivity index (χ4n) is 4.06. The van der Waals surface area contributed by atoms with E-state index in [2.05, 4.69) is 17.6 Å². The molecule has 124 valence electrons. The number of hydrogen-bond acceptors (Lipinski definition) is 2. The fourth-order valence-corrected chi connectivity index (χ4v) is 4.06. The van der Waals surface area contributed by atoms with Crippen molar-refractivity contribution >= 4 is 11.8 Å². The van der Waals surface area contributed by atoms with Crippen LogP contribution < -0.4 is 10.6 Å². The maximum atomic E-state index is 13.2. The van der Waals surface area contributed by atoms with E-state index in [1.165, 1.54) is 18.2 Å². The minimum Gasteiger partial charge on any atom is -0.353 e. The van der Waals surface area contributed by atoms with Crippen LogP contribution in [-0.2, 0) is 4.79 Å². The molecule has 4 nitrogen and oxygen atoms in total. The van der Waals surface area contributed by atoms with Crippen molar-refractivity contribution in [2.75, 3.05) is 0 Å². The highest BCUT2D eigenvalue weighted by Gasteiger charge is 2.40. The van der Waals surface area contributed by atoms with E-state index in [0.29, 0.717) is 23.8 Å². The average molecular weight is 318 g/mol. The molecule has 0 radical (unpaired) electrons. The van der Waals surface area contributed by atoms with Crippen molar-refractivity contribution in [2.45, 2.75) is 51.1 Å². The molecule has 2 fully saturated rings. The van der Waals surface area contributed by atoms with E-state index in [4.69, 9.17) is 0 Å². The van der Waals surface area contributed by atoms with Crippen molar-refractivity contribution in [3.63, 3.8) is 0 Å². The Morgan fingerprint density at radius 1 is 1.39 bits per heavy atom. The highest BCUT2D eigenvalue weighted by Crippen LogP contribution is 2.36. The van der Waals surface area contributed by atoms with Crippen molar-refractivity contribution in [3.05, 3.63) is 35.6 Å². The van der Waals surface area contributed by atoms with Crippen LogP contribution in [0.25, 0.3) is 0 Å². The van der Waals surface area contributed by atoms with Gasteiger partial charge in [-0.05, 0) is 49.3 Å². The standard InChI is InChI=1S/C18H23FN2O2/c1-2-11-9-17(22)21-16-10-14(6-7-15(11)16)20-18(23)12-4-3-5-13(19)8-12/h3-5,8,11,14-16H,2,6-7,9-10H2,1H3,(H,20,23)(H,21,22). The van der Waals surface area contributed by atoms with Gasteiger partial charge in [-0.15, -0.1) is 0 Å². The third-order valence-corrected chi connectivity index (χ3v) is 5.25. The van der Waals surface area contributed by atoms with E-state index in [9.17, 15) is 14.0 Å². The van der Waals surface area contributed by atoms with Gasteiger partial charge in [0, 0.05) is 24.1 Å². The van der Waals surface area contributed by atoms with Crippen LogP contribution in [0.5, 0.6) is 0 Å². The lowest BCUT2D eigenvalue weighted by atomic mass is 9.70. The van der Waals surface area contributed by atoms with E-state index in [0.717, 1.165) is 25.7 Å². The Balaban J connectivity index is 1.63. The summed E-state index contributed by atoms with van der Waals surface area (Å²) in [5.74, 6) is 0.428. The van der Waals surface area contributed by atoms with Crippen LogP contribution in [0.15, 0.2) is 24.3 Å². The number of halogens is 1. The highest BCUT2D eigenvalue weighted by atomic mass is 19.1. The van der Waals surface area contributed by atoms with Gasteiger partial charge in [-0.2, -0.15) is 0 Å². The minimum atomic E-state index is -0.410. The number of fused-ring (bicyclic) bond motifs is 1. The SMILES string of the molecule is CCC1CC(=O)NC2CC(NC(=O)c3cccc(F)c3)CCC12. The third kappa shape index (κ3) is 3.54. The summed E-state index contributed by atoms with van der Waals surface area (Å²) in [4.78, 5) is 24.1. The van der Waals surface area contributed by atoms with Gasteiger partial charge in [0.2, 0.25) is 5.91 Å². The molecule has 2 amide bonds. The summed E-state index contributed by atoms with van der Waals surface area (Å²) >= 11 is 0. The number of nitrogens with one attached hydrogen (secondary N) is 2. The predicted molar refractivity (Wildman–Crippen MR) is 85.3 cm³/mol. The van der Waals surface area contributed by atoms with Crippen molar-refractivity contribution in [2.24, 2.45) is 11.8 Å². The summed E-state index contributed by atoms with van der Waals surface area (Å²) in [6.07, 6.45) is 4.33. The Bertz CT molecular complexity index is 604. The van der Waals surface area contributed by atoms with Crippen LogP contribution in [0.2, 0.25) is 0 Å². The van der Waals surface area contributed by atoms with Crippen molar-refractivity contribution in [3.8, 4) is 0 Å². The van der Waals surface area contributed by atoms with Gasteiger partial charge < -0.3 is 10.6 Å². The van der Waals surface area contributed by atoms with Gasteiger partial charge in [-0.1, -0.05) is 19.4 Å². The van der Waals surface area contributed by atoms with Crippen molar-refractivity contribution < 1.29 is 14.0 Å². The molecule has 23 heavy (non-hydrogen) atoms. The van der Waals surface area contributed by atoms with Crippen LogP contribution in [0.4, 0.5) is 4.39 Å². The maximum Gasteiger partial charge on any atom is 0.251 e. The molecule has 1 aromatic carbocycles. The Hall–Kier alpha value is -1.91. The van der Waals surface area contributed by atoms with Gasteiger partial charge in [0.25, 0.3) is 5.91 Å². The molecule has 0 bridgehead atoms. The zero-order chi connectivity index (χ0) is 16.4. The number of hydrogen-bond donors (Lipinski definition) is 2. The molecule has 4 atom stereocenters. The molecule has 0 spiro atoms. The van der Waals surface area contributed by atoms with Crippen LogP contribution in [0, 0.1) is 17.7 Å². The van der Waals surface area contributed by atoms with Gasteiger partial charge in [0.1, 0.15) is 5.82 Å². The second-order valence-electron chi connectivity index (χ2n) is 6.70. The minimum absolute atomic E-state index is 0.0305. The topological polar surface area (TPSA) is 58.2 Å². The average Bonchev–Trinajstić information content (AvgIpc) is 2.53. The molecular formula is C18H23FN2O2. The molecule has 0 aromatic heterocycles. The molecule has 1 saturated carbocycles. The molecule has 1 aliphatic carbocycles. The largest absolute Gasteiger partial charge is 0.353 e. The molecular weight excluding hydrogens is 295 g/mol. The lowest BCUT2D eigenvalue weighted by Crippen LogP contribution is -2.55. The number of amides is 2. The van der Waals surface area contributed by atoms with Gasteiger partial charge in [-0.3, -0.25) is 9.59 Å². The second-order valence-corrected chi connectivity index (χ2v) is 6.70. The Kier molecular flexibility index (Phi) is 4.64. The number of piperidine rings is 1. The first kappa shape index (κ1) is 16.0. The Labute approximate surface area is 135 Å². The summed E-state index contributed by atoms with van der Waals surface area (Å²) in [7, 11) is 0. The maximum absolute atomic E-state index is 13.2. The van der Waals surface area contributed by atoms with Crippen LogP contribution in [0.1, 0.15) is 49.4 Å². The molecule has 1 heterocycles. The van der Waals surface area contributed by atoms with Gasteiger partial charge in [0.05, 0.1) is 0 Å².